The molecule has 3 rings (SSSR count). The first-order valence-corrected chi connectivity index (χ1v) is 7.04. The molecular formula is C14H10Cl2N4O. The van der Waals surface area contributed by atoms with Crippen LogP contribution in [0.5, 0.6) is 11.9 Å². The van der Waals surface area contributed by atoms with Gasteiger partial charge in [0.15, 0.2) is 0 Å². The van der Waals surface area contributed by atoms with E-state index < -0.39 is 0 Å². The van der Waals surface area contributed by atoms with Crippen LogP contribution in [-0.4, -0.2) is 19.7 Å². The van der Waals surface area contributed by atoms with Gasteiger partial charge in [-0.15, -0.1) is 16.7 Å². The number of aromatic nitrogens is 4. The molecule has 0 atom stereocenters. The molecular weight excluding hydrogens is 311 g/mol. The van der Waals surface area contributed by atoms with Crippen LogP contribution in [0.25, 0.3) is 5.69 Å². The number of rotatable bonds is 4. The minimum atomic E-state index is 0.203. The van der Waals surface area contributed by atoms with Crippen LogP contribution >= 0.6 is 23.2 Å². The Morgan fingerprint density at radius 2 is 1.90 bits per heavy atom. The lowest BCUT2D eigenvalue weighted by molar-refractivity contribution is 0.423. The zero-order valence-electron chi connectivity index (χ0n) is 10.8. The van der Waals surface area contributed by atoms with Crippen molar-refractivity contribution in [1.29, 1.82) is 0 Å². The predicted molar refractivity (Wildman–Crippen MR) is 80.2 cm³/mol. The molecule has 5 nitrogen and oxygen atoms in total. The fraction of sp³-hybridized carbons (Fsp3) is 0.0714. The van der Waals surface area contributed by atoms with E-state index >= 15 is 0 Å². The van der Waals surface area contributed by atoms with Crippen molar-refractivity contribution in [1.82, 2.24) is 19.7 Å². The molecule has 106 valence electrons. The second-order valence-corrected chi connectivity index (χ2v) is 4.80. The minimum absolute atomic E-state index is 0.203. The third-order valence-electron chi connectivity index (χ3n) is 2.71. The summed E-state index contributed by atoms with van der Waals surface area (Å²) in [5.74, 6) is 0.558. The number of para-hydroxylation sites is 1. The number of pyridine rings is 1. The maximum Gasteiger partial charge on any atom is 0.342 e. The third kappa shape index (κ3) is 3.15. The summed E-state index contributed by atoms with van der Waals surface area (Å²) < 4.78 is 7.13. The lowest BCUT2D eigenvalue weighted by Gasteiger charge is -2.03. The smallest absolute Gasteiger partial charge is 0.342 e. The van der Waals surface area contributed by atoms with Crippen molar-refractivity contribution in [3.63, 3.8) is 0 Å². The molecule has 7 heteroatoms. The van der Waals surface area contributed by atoms with Crippen LogP contribution in [0, 0.1) is 0 Å². The lowest BCUT2D eigenvalue weighted by atomic mass is 10.3. The van der Waals surface area contributed by atoms with E-state index in [9.17, 15) is 0 Å². The largest absolute Gasteiger partial charge is 0.404 e. The number of halogens is 2. The van der Waals surface area contributed by atoms with Crippen molar-refractivity contribution in [2.45, 2.75) is 5.88 Å². The van der Waals surface area contributed by atoms with E-state index in [0.717, 1.165) is 5.69 Å². The number of hydrogen-bond acceptors (Lipinski definition) is 4. The minimum Gasteiger partial charge on any atom is -0.404 e. The van der Waals surface area contributed by atoms with E-state index in [4.69, 9.17) is 27.9 Å². The Morgan fingerprint density at radius 1 is 1.10 bits per heavy atom. The van der Waals surface area contributed by atoms with E-state index in [0.29, 0.717) is 16.6 Å². The molecule has 2 heterocycles. The van der Waals surface area contributed by atoms with Gasteiger partial charge >= 0.3 is 6.01 Å². The van der Waals surface area contributed by atoms with E-state index in [1.54, 1.807) is 23.1 Å². The summed E-state index contributed by atoms with van der Waals surface area (Å²) in [7, 11) is 0. The zero-order chi connectivity index (χ0) is 14.7. The van der Waals surface area contributed by atoms with Crippen LogP contribution in [0.15, 0.2) is 48.8 Å². The molecule has 0 N–H and O–H groups in total. The molecule has 0 amide bonds. The topological polar surface area (TPSA) is 52.8 Å². The van der Waals surface area contributed by atoms with Crippen molar-refractivity contribution in [2.24, 2.45) is 0 Å². The summed E-state index contributed by atoms with van der Waals surface area (Å²) in [6.45, 7) is 0. The fourth-order valence-corrected chi connectivity index (χ4v) is 2.15. The van der Waals surface area contributed by atoms with Gasteiger partial charge < -0.3 is 4.74 Å². The van der Waals surface area contributed by atoms with Gasteiger partial charge in [0.25, 0.3) is 0 Å². The molecule has 0 bridgehead atoms. The molecule has 0 radical (unpaired) electrons. The van der Waals surface area contributed by atoms with Gasteiger partial charge in [-0.05, 0) is 18.2 Å². The summed E-state index contributed by atoms with van der Waals surface area (Å²) >= 11 is 11.7. The molecule has 0 unspecified atom stereocenters. The van der Waals surface area contributed by atoms with Gasteiger partial charge in [-0.3, -0.25) is 0 Å². The Labute approximate surface area is 131 Å². The molecule has 21 heavy (non-hydrogen) atoms. The predicted octanol–water partition coefficient (Wildman–Crippen LogP) is 3.85. The van der Waals surface area contributed by atoms with E-state index in [2.05, 4.69) is 15.1 Å². The summed E-state index contributed by atoms with van der Waals surface area (Å²) in [4.78, 5) is 8.28. The summed E-state index contributed by atoms with van der Waals surface area (Å²) in [5, 5.41) is 4.73. The van der Waals surface area contributed by atoms with E-state index in [1.807, 2.05) is 30.3 Å². The van der Waals surface area contributed by atoms with Gasteiger partial charge in [0, 0.05) is 6.07 Å². The molecule has 0 aliphatic rings. The van der Waals surface area contributed by atoms with Crippen LogP contribution in [0.3, 0.4) is 0 Å². The molecule has 2 aromatic heterocycles. The average molecular weight is 321 g/mol. The van der Waals surface area contributed by atoms with Crippen molar-refractivity contribution in [2.75, 3.05) is 0 Å². The fourth-order valence-electron chi connectivity index (χ4n) is 1.71. The van der Waals surface area contributed by atoms with Gasteiger partial charge in [0.2, 0.25) is 5.88 Å². The highest BCUT2D eigenvalue weighted by Gasteiger charge is 2.08. The molecule has 3 aromatic rings. The van der Waals surface area contributed by atoms with Crippen molar-refractivity contribution in [3.05, 3.63) is 59.5 Å². The molecule has 0 aliphatic heterocycles. The second-order valence-electron chi connectivity index (χ2n) is 4.12. The van der Waals surface area contributed by atoms with Crippen LogP contribution in [-0.2, 0) is 5.88 Å². The highest BCUT2D eigenvalue weighted by Crippen LogP contribution is 2.22. The highest BCUT2D eigenvalue weighted by atomic mass is 35.5. The first kappa shape index (κ1) is 13.9. The molecule has 1 aromatic carbocycles. The van der Waals surface area contributed by atoms with Crippen molar-refractivity contribution in [3.8, 4) is 17.6 Å². The van der Waals surface area contributed by atoms with Crippen LogP contribution in [0.4, 0.5) is 0 Å². The van der Waals surface area contributed by atoms with Gasteiger partial charge in [0.1, 0.15) is 6.33 Å². The standard InChI is InChI=1S/C14H10Cl2N4O/c15-8-12-11(16)6-7-13(18-12)21-14-17-9-20(19-14)10-4-2-1-3-5-10/h1-7,9H,8H2. The van der Waals surface area contributed by atoms with Gasteiger partial charge in [-0.1, -0.05) is 29.8 Å². The summed E-state index contributed by atoms with van der Waals surface area (Å²) in [6.07, 6.45) is 1.57. The first-order valence-electron chi connectivity index (χ1n) is 6.12. The van der Waals surface area contributed by atoms with E-state index in [1.165, 1.54) is 0 Å². The Bertz CT molecular complexity index is 746. The monoisotopic (exact) mass is 320 g/mol. The molecule has 0 aliphatic carbocycles. The zero-order valence-corrected chi connectivity index (χ0v) is 12.3. The number of ether oxygens (including phenoxy) is 1. The van der Waals surface area contributed by atoms with Gasteiger partial charge in [-0.25, -0.2) is 9.67 Å². The number of hydrogen-bond donors (Lipinski definition) is 0. The highest BCUT2D eigenvalue weighted by molar-refractivity contribution is 6.32. The normalized spacial score (nSPS) is 10.6. The number of nitrogens with zero attached hydrogens (tertiary/aromatic N) is 4. The Hall–Kier alpha value is -2.11. The maximum atomic E-state index is 5.95. The van der Waals surface area contributed by atoms with Crippen LogP contribution in [0.2, 0.25) is 5.02 Å². The quantitative estimate of drug-likeness (QED) is 0.685. The van der Waals surface area contributed by atoms with Crippen molar-refractivity contribution >= 4 is 23.2 Å². The molecule has 0 saturated carbocycles. The van der Waals surface area contributed by atoms with Gasteiger partial charge in [-0.2, -0.15) is 4.98 Å². The van der Waals surface area contributed by atoms with Crippen molar-refractivity contribution < 1.29 is 4.74 Å². The average Bonchev–Trinajstić information content (AvgIpc) is 2.98. The second kappa shape index (κ2) is 6.11. The Balaban J connectivity index is 1.82. The summed E-state index contributed by atoms with van der Waals surface area (Å²) in [6, 6.07) is 13.1. The SMILES string of the molecule is ClCc1nc(Oc2ncn(-c3ccccc3)n2)ccc1Cl. The summed E-state index contributed by atoms with van der Waals surface area (Å²) in [5.41, 5.74) is 1.45. The molecule has 0 saturated heterocycles. The molecule has 0 spiro atoms. The lowest BCUT2D eigenvalue weighted by Crippen LogP contribution is -1.96. The van der Waals surface area contributed by atoms with E-state index in [-0.39, 0.29) is 11.9 Å². The Morgan fingerprint density at radius 3 is 2.67 bits per heavy atom. The number of benzene rings is 1. The Kier molecular flexibility index (Phi) is 4.03. The molecule has 0 fully saturated rings. The van der Waals surface area contributed by atoms with Crippen LogP contribution in [0.1, 0.15) is 5.69 Å². The first-order chi connectivity index (χ1) is 10.3. The van der Waals surface area contributed by atoms with Gasteiger partial charge in [0.05, 0.1) is 22.3 Å². The van der Waals surface area contributed by atoms with Crippen LogP contribution < -0.4 is 4.74 Å². The number of alkyl halides is 1. The maximum absolute atomic E-state index is 5.95. The third-order valence-corrected chi connectivity index (χ3v) is 3.30.